The van der Waals surface area contributed by atoms with Gasteiger partial charge in [0.25, 0.3) is 5.78 Å². The first-order valence-electron chi connectivity index (χ1n) is 10.6. The fourth-order valence-corrected chi connectivity index (χ4v) is 4.51. The second-order valence-electron chi connectivity index (χ2n) is 8.50. The van der Waals surface area contributed by atoms with E-state index in [0.29, 0.717) is 18.6 Å². The van der Waals surface area contributed by atoms with Crippen LogP contribution in [0.25, 0.3) is 5.78 Å². The van der Waals surface area contributed by atoms with Gasteiger partial charge in [-0.05, 0) is 63.5 Å². The van der Waals surface area contributed by atoms with Crippen molar-refractivity contribution in [2.24, 2.45) is 11.8 Å². The third kappa shape index (κ3) is 5.28. The zero-order chi connectivity index (χ0) is 20.1. The minimum Gasteiger partial charge on any atom is -0.356 e. The van der Waals surface area contributed by atoms with Gasteiger partial charge in [0, 0.05) is 37.4 Å². The summed E-state index contributed by atoms with van der Waals surface area (Å²) in [7, 11) is 0. The van der Waals surface area contributed by atoms with E-state index in [-0.39, 0.29) is 5.91 Å². The van der Waals surface area contributed by atoms with Crippen molar-refractivity contribution in [1.29, 1.82) is 0 Å². The molecule has 1 N–H and O–H groups in total. The number of nitrogens with zero attached hydrogens (tertiary/aromatic N) is 5. The number of amides is 1. The highest BCUT2D eigenvalue weighted by Gasteiger charge is 2.21. The lowest BCUT2D eigenvalue weighted by atomic mass is 9.92. The molecule has 3 heterocycles. The molecule has 0 saturated carbocycles. The van der Waals surface area contributed by atoms with Gasteiger partial charge in [0.2, 0.25) is 5.91 Å². The second-order valence-corrected chi connectivity index (χ2v) is 8.50. The van der Waals surface area contributed by atoms with E-state index < -0.39 is 0 Å². The number of nitrogens with one attached hydrogen (secondary N) is 1. The maximum Gasteiger partial charge on any atom is 0.252 e. The molecule has 2 unspecified atom stereocenters. The average molecular weight is 387 g/mol. The van der Waals surface area contributed by atoms with Crippen molar-refractivity contribution >= 4 is 11.7 Å². The molecule has 2 aromatic heterocycles. The fourth-order valence-electron chi connectivity index (χ4n) is 4.51. The number of piperidine rings is 1. The molecular formula is C21H34N6O. The Bertz CT molecular complexity index is 792. The number of fused-ring (bicyclic) bond motifs is 1. The smallest absolute Gasteiger partial charge is 0.252 e. The number of carbonyl (C=O) groups is 1. The number of likely N-dealkylation sites (tertiary alicyclic amines) is 1. The number of carbonyl (C=O) groups excluding carboxylic acids is 1. The highest BCUT2D eigenvalue weighted by molar-refractivity contribution is 5.76. The van der Waals surface area contributed by atoms with Crippen LogP contribution < -0.4 is 5.32 Å². The van der Waals surface area contributed by atoms with E-state index in [1.165, 1.54) is 25.8 Å². The Morgan fingerprint density at radius 3 is 2.71 bits per heavy atom. The zero-order valence-corrected chi connectivity index (χ0v) is 17.7. The number of unbranched alkanes of at least 4 members (excludes halogenated alkanes) is 1. The van der Waals surface area contributed by atoms with Gasteiger partial charge in [-0.25, -0.2) is 9.50 Å². The van der Waals surface area contributed by atoms with Crippen molar-refractivity contribution in [3.63, 3.8) is 0 Å². The van der Waals surface area contributed by atoms with E-state index in [1.54, 1.807) is 4.52 Å². The van der Waals surface area contributed by atoms with Crippen molar-refractivity contribution in [3.8, 4) is 0 Å². The number of aryl methyl sites for hydroxylation is 2. The fraction of sp³-hybridized carbons (Fsp3) is 0.714. The van der Waals surface area contributed by atoms with Crippen molar-refractivity contribution in [2.75, 3.05) is 26.2 Å². The van der Waals surface area contributed by atoms with Crippen LogP contribution in [0.1, 0.15) is 56.5 Å². The van der Waals surface area contributed by atoms with Gasteiger partial charge in [-0.1, -0.05) is 13.8 Å². The third-order valence-corrected chi connectivity index (χ3v) is 5.76. The number of hydrogen-bond donors (Lipinski definition) is 1. The quantitative estimate of drug-likeness (QED) is 0.706. The molecule has 154 valence electrons. The van der Waals surface area contributed by atoms with Crippen LogP contribution in [0.4, 0.5) is 0 Å². The first-order valence-corrected chi connectivity index (χ1v) is 10.6. The van der Waals surface area contributed by atoms with Gasteiger partial charge in [0.15, 0.2) is 0 Å². The van der Waals surface area contributed by atoms with Gasteiger partial charge in [0.05, 0.1) is 0 Å². The first kappa shape index (κ1) is 20.7. The summed E-state index contributed by atoms with van der Waals surface area (Å²) < 4.78 is 1.74. The number of hydrogen-bond acceptors (Lipinski definition) is 5. The molecule has 1 amide bonds. The number of aromatic nitrogens is 4. The molecule has 7 heteroatoms. The predicted octanol–water partition coefficient (Wildman–Crippen LogP) is 2.55. The molecule has 0 bridgehead atoms. The standard InChI is InChI=1S/C21H34N6O/c1-15-11-16(2)13-26(12-15)10-6-5-9-22-20(28)8-7-19-17(3)25-21-23-14-24-27(21)18(19)4/h14-16H,5-13H2,1-4H3,(H,22,28). The Labute approximate surface area is 167 Å². The minimum atomic E-state index is 0.109. The highest BCUT2D eigenvalue weighted by Crippen LogP contribution is 2.21. The van der Waals surface area contributed by atoms with Gasteiger partial charge in [-0.3, -0.25) is 4.79 Å². The summed E-state index contributed by atoms with van der Waals surface area (Å²) in [5.41, 5.74) is 3.02. The van der Waals surface area contributed by atoms with Crippen LogP contribution in [0.15, 0.2) is 6.33 Å². The van der Waals surface area contributed by atoms with Gasteiger partial charge < -0.3 is 10.2 Å². The summed E-state index contributed by atoms with van der Waals surface area (Å²) in [4.78, 5) is 23.4. The Balaban J connectivity index is 1.36. The molecule has 0 aliphatic carbocycles. The zero-order valence-electron chi connectivity index (χ0n) is 17.7. The van der Waals surface area contributed by atoms with Crippen LogP contribution in [0.5, 0.6) is 0 Å². The second kappa shape index (κ2) is 9.45. The van der Waals surface area contributed by atoms with Crippen LogP contribution in [-0.2, 0) is 11.2 Å². The molecule has 28 heavy (non-hydrogen) atoms. The molecule has 0 radical (unpaired) electrons. The molecule has 1 aliphatic rings. The van der Waals surface area contributed by atoms with Gasteiger partial charge >= 0.3 is 0 Å². The molecule has 1 fully saturated rings. The van der Waals surface area contributed by atoms with Crippen LogP contribution in [-0.4, -0.2) is 56.6 Å². The van der Waals surface area contributed by atoms with Crippen LogP contribution >= 0.6 is 0 Å². The van der Waals surface area contributed by atoms with Crippen molar-refractivity contribution in [3.05, 3.63) is 23.3 Å². The van der Waals surface area contributed by atoms with Crippen LogP contribution in [0.3, 0.4) is 0 Å². The Morgan fingerprint density at radius 1 is 1.21 bits per heavy atom. The van der Waals surface area contributed by atoms with Crippen molar-refractivity contribution in [2.45, 2.75) is 59.8 Å². The molecular weight excluding hydrogens is 352 g/mol. The summed E-state index contributed by atoms with van der Waals surface area (Å²) in [6.45, 7) is 13.0. The number of rotatable bonds is 8. The van der Waals surface area contributed by atoms with E-state index in [0.717, 1.165) is 54.7 Å². The molecule has 2 aromatic rings. The Morgan fingerprint density at radius 2 is 1.96 bits per heavy atom. The lowest BCUT2D eigenvalue weighted by Gasteiger charge is -2.34. The summed E-state index contributed by atoms with van der Waals surface area (Å²) >= 11 is 0. The largest absolute Gasteiger partial charge is 0.356 e. The molecule has 0 aromatic carbocycles. The predicted molar refractivity (Wildman–Crippen MR) is 110 cm³/mol. The third-order valence-electron chi connectivity index (χ3n) is 5.76. The normalized spacial score (nSPS) is 20.6. The van der Waals surface area contributed by atoms with E-state index in [1.807, 2.05) is 13.8 Å². The van der Waals surface area contributed by atoms with Crippen molar-refractivity contribution < 1.29 is 4.79 Å². The van der Waals surface area contributed by atoms with Gasteiger partial charge in [-0.2, -0.15) is 10.1 Å². The molecule has 0 spiro atoms. The summed E-state index contributed by atoms with van der Waals surface area (Å²) in [6, 6.07) is 0. The molecule has 7 nitrogen and oxygen atoms in total. The molecule has 1 saturated heterocycles. The SMILES string of the molecule is Cc1nc2ncnn2c(C)c1CCC(=O)NCCCCN1CC(C)CC(C)C1. The average Bonchev–Trinajstić information content (AvgIpc) is 3.09. The van der Waals surface area contributed by atoms with Crippen LogP contribution in [0.2, 0.25) is 0 Å². The van der Waals surface area contributed by atoms with Crippen molar-refractivity contribution in [1.82, 2.24) is 29.8 Å². The van der Waals surface area contributed by atoms with E-state index in [4.69, 9.17) is 0 Å². The summed E-state index contributed by atoms with van der Waals surface area (Å²) in [5.74, 6) is 2.33. The maximum atomic E-state index is 12.2. The van der Waals surface area contributed by atoms with E-state index in [9.17, 15) is 4.79 Å². The lowest BCUT2D eigenvalue weighted by molar-refractivity contribution is -0.121. The van der Waals surface area contributed by atoms with Gasteiger partial charge in [-0.15, -0.1) is 0 Å². The Hall–Kier alpha value is -2.02. The molecule has 3 rings (SSSR count). The Kier molecular flexibility index (Phi) is 6.99. The lowest BCUT2D eigenvalue weighted by Crippen LogP contribution is -2.39. The maximum absolute atomic E-state index is 12.2. The van der Waals surface area contributed by atoms with E-state index in [2.05, 4.69) is 39.1 Å². The summed E-state index contributed by atoms with van der Waals surface area (Å²) in [6.07, 6.45) is 6.20. The minimum absolute atomic E-state index is 0.109. The topological polar surface area (TPSA) is 75.4 Å². The highest BCUT2D eigenvalue weighted by atomic mass is 16.1. The summed E-state index contributed by atoms with van der Waals surface area (Å²) in [5, 5.41) is 7.27. The first-order chi connectivity index (χ1) is 13.4. The van der Waals surface area contributed by atoms with E-state index >= 15 is 0 Å². The monoisotopic (exact) mass is 386 g/mol. The van der Waals surface area contributed by atoms with Gasteiger partial charge in [0.1, 0.15) is 6.33 Å². The molecule has 1 aliphatic heterocycles. The van der Waals surface area contributed by atoms with Crippen LogP contribution in [0, 0.1) is 25.7 Å². The molecule has 2 atom stereocenters.